The van der Waals surface area contributed by atoms with E-state index in [9.17, 15) is 4.79 Å². The lowest BCUT2D eigenvalue weighted by Crippen LogP contribution is -2.58. The lowest BCUT2D eigenvalue weighted by atomic mass is 9.93. The van der Waals surface area contributed by atoms with Gasteiger partial charge in [-0.2, -0.15) is 0 Å². The van der Waals surface area contributed by atoms with Crippen molar-refractivity contribution in [1.29, 1.82) is 0 Å². The Balaban J connectivity index is 1.51. The number of likely N-dealkylation sites (tertiary alicyclic amines) is 1. The summed E-state index contributed by atoms with van der Waals surface area (Å²) in [6.07, 6.45) is -0.182. The quantitative estimate of drug-likeness (QED) is 0.833. The Morgan fingerprint density at radius 2 is 2.18 bits per heavy atom. The van der Waals surface area contributed by atoms with Crippen LogP contribution in [-0.4, -0.2) is 36.7 Å². The summed E-state index contributed by atoms with van der Waals surface area (Å²) in [5, 5.41) is 3.29. The maximum Gasteiger partial charge on any atom is 0.410 e. The van der Waals surface area contributed by atoms with Gasteiger partial charge in [-0.1, -0.05) is 30.3 Å². The van der Waals surface area contributed by atoms with E-state index in [4.69, 9.17) is 4.74 Å². The second-order valence-electron chi connectivity index (χ2n) is 4.68. The number of carbonyl (C=O) groups excluding carboxylic acids is 1. The number of hydrogen-bond donors (Lipinski definition) is 1. The molecule has 2 fully saturated rings. The van der Waals surface area contributed by atoms with Gasteiger partial charge in [0.15, 0.2) is 0 Å². The number of rotatable bonds is 2. The third-order valence-corrected chi connectivity index (χ3v) is 3.58. The Kier molecular flexibility index (Phi) is 2.73. The van der Waals surface area contributed by atoms with Gasteiger partial charge < -0.3 is 15.0 Å². The molecule has 0 radical (unpaired) electrons. The van der Waals surface area contributed by atoms with Gasteiger partial charge in [-0.25, -0.2) is 4.79 Å². The van der Waals surface area contributed by atoms with Crippen LogP contribution < -0.4 is 5.32 Å². The molecule has 1 N–H and O–H groups in total. The molecule has 0 aliphatic carbocycles. The number of hydrogen-bond acceptors (Lipinski definition) is 3. The molecule has 1 amide bonds. The molecule has 2 aliphatic heterocycles. The van der Waals surface area contributed by atoms with Crippen molar-refractivity contribution in [1.82, 2.24) is 10.2 Å². The molecule has 17 heavy (non-hydrogen) atoms. The highest BCUT2D eigenvalue weighted by molar-refractivity contribution is 5.69. The number of amides is 1. The zero-order chi connectivity index (χ0) is 11.7. The number of nitrogens with one attached hydrogen (secondary N) is 1. The highest BCUT2D eigenvalue weighted by atomic mass is 16.6. The third-order valence-electron chi connectivity index (χ3n) is 3.58. The summed E-state index contributed by atoms with van der Waals surface area (Å²) >= 11 is 0. The summed E-state index contributed by atoms with van der Waals surface area (Å²) in [5.74, 6) is 0.638. The highest BCUT2D eigenvalue weighted by Gasteiger charge is 2.45. The molecule has 3 rings (SSSR count). The van der Waals surface area contributed by atoms with Crippen LogP contribution in [-0.2, 0) is 11.3 Å². The Labute approximate surface area is 101 Å². The summed E-state index contributed by atoms with van der Waals surface area (Å²) in [7, 11) is 0. The monoisotopic (exact) mass is 232 g/mol. The van der Waals surface area contributed by atoms with Crippen LogP contribution in [0.2, 0.25) is 0 Å². The molecule has 1 aromatic carbocycles. The van der Waals surface area contributed by atoms with Gasteiger partial charge >= 0.3 is 6.09 Å². The van der Waals surface area contributed by atoms with E-state index in [0.717, 1.165) is 25.2 Å². The number of benzene rings is 1. The first-order valence-corrected chi connectivity index (χ1v) is 6.02. The average Bonchev–Trinajstić information content (AvgIpc) is 2.70. The van der Waals surface area contributed by atoms with Gasteiger partial charge in [0.2, 0.25) is 0 Å². The fourth-order valence-electron chi connectivity index (χ4n) is 2.53. The normalized spacial score (nSPS) is 26.2. The zero-order valence-electron chi connectivity index (χ0n) is 9.63. The van der Waals surface area contributed by atoms with Crippen molar-refractivity contribution in [3.8, 4) is 0 Å². The summed E-state index contributed by atoms with van der Waals surface area (Å²) in [6, 6.07) is 10.1. The largest absolute Gasteiger partial charge is 0.445 e. The number of ether oxygens (including phenoxy) is 1. The third kappa shape index (κ3) is 2.00. The number of nitrogens with zero attached hydrogens (tertiary/aromatic N) is 1. The van der Waals surface area contributed by atoms with Crippen molar-refractivity contribution in [3.05, 3.63) is 35.9 Å². The first kappa shape index (κ1) is 10.6. The van der Waals surface area contributed by atoms with Gasteiger partial charge in [0.1, 0.15) is 6.61 Å². The topological polar surface area (TPSA) is 41.6 Å². The molecule has 1 aromatic rings. The maximum absolute atomic E-state index is 11.8. The van der Waals surface area contributed by atoms with E-state index in [1.807, 2.05) is 35.2 Å². The smallest absolute Gasteiger partial charge is 0.410 e. The Morgan fingerprint density at radius 3 is 2.94 bits per heavy atom. The number of carbonyl (C=O) groups is 1. The van der Waals surface area contributed by atoms with Crippen LogP contribution in [0.3, 0.4) is 0 Å². The van der Waals surface area contributed by atoms with E-state index >= 15 is 0 Å². The molecule has 2 saturated heterocycles. The molecule has 2 aliphatic rings. The molecular weight excluding hydrogens is 216 g/mol. The van der Waals surface area contributed by atoms with Crippen LogP contribution in [0.4, 0.5) is 4.79 Å². The molecule has 4 nitrogen and oxygen atoms in total. The van der Waals surface area contributed by atoms with Crippen LogP contribution in [0.1, 0.15) is 5.56 Å². The van der Waals surface area contributed by atoms with Crippen LogP contribution in [0.25, 0.3) is 0 Å². The van der Waals surface area contributed by atoms with Gasteiger partial charge in [-0.3, -0.25) is 0 Å². The van der Waals surface area contributed by atoms with Gasteiger partial charge in [0.05, 0.1) is 6.04 Å². The van der Waals surface area contributed by atoms with E-state index in [0.29, 0.717) is 18.6 Å². The van der Waals surface area contributed by atoms with E-state index in [1.54, 1.807) is 0 Å². The molecule has 0 spiro atoms. The first-order chi connectivity index (χ1) is 8.34. The Hall–Kier alpha value is -1.55. The zero-order valence-corrected chi connectivity index (χ0v) is 9.63. The van der Waals surface area contributed by atoms with Crippen molar-refractivity contribution in [2.75, 3.05) is 19.6 Å². The van der Waals surface area contributed by atoms with E-state index in [1.165, 1.54) is 0 Å². The minimum atomic E-state index is -0.182. The lowest BCUT2D eigenvalue weighted by Gasteiger charge is -2.42. The number of fused-ring (bicyclic) bond motifs is 1. The van der Waals surface area contributed by atoms with Gasteiger partial charge in [0.25, 0.3) is 0 Å². The predicted molar refractivity (Wildman–Crippen MR) is 63.5 cm³/mol. The molecule has 0 saturated carbocycles. The molecular formula is C13H16N2O2. The Morgan fingerprint density at radius 1 is 1.35 bits per heavy atom. The van der Waals surface area contributed by atoms with Gasteiger partial charge in [-0.05, 0) is 5.56 Å². The SMILES string of the molecule is O=C(OCc1ccccc1)N1CC2CNCC21. The second-order valence-corrected chi connectivity index (χ2v) is 4.68. The van der Waals surface area contributed by atoms with Crippen molar-refractivity contribution >= 4 is 6.09 Å². The second kappa shape index (κ2) is 4.37. The van der Waals surface area contributed by atoms with Gasteiger partial charge in [0, 0.05) is 25.6 Å². The summed E-state index contributed by atoms with van der Waals surface area (Å²) in [6.45, 7) is 3.14. The molecule has 0 bridgehead atoms. The van der Waals surface area contributed by atoms with Crippen molar-refractivity contribution in [3.63, 3.8) is 0 Å². The molecule has 90 valence electrons. The van der Waals surface area contributed by atoms with Crippen molar-refractivity contribution in [2.45, 2.75) is 12.6 Å². The summed E-state index contributed by atoms with van der Waals surface area (Å²) in [5.41, 5.74) is 1.03. The lowest BCUT2D eigenvalue weighted by molar-refractivity contribution is 0.0248. The van der Waals surface area contributed by atoms with Crippen LogP contribution >= 0.6 is 0 Å². The Bertz CT molecular complexity index is 407. The minimum absolute atomic E-state index is 0.182. The molecule has 0 aromatic heterocycles. The predicted octanol–water partition coefficient (Wildman–Crippen LogP) is 1.23. The fraction of sp³-hybridized carbons (Fsp3) is 0.462. The fourth-order valence-corrected chi connectivity index (χ4v) is 2.53. The molecule has 4 heteroatoms. The minimum Gasteiger partial charge on any atom is -0.445 e. The van der Waals surface area contributed by atoms with Crippen LogP contribution in [0, 0.1) is 5.92 Å². The average molecular weight is 232 g/mol. The van der Waals surface area contributed by atoms with E-state index < -0.39 is 0 Å². The maximum atomic E-state index is 11.8. The molecule has 2 atom stereocenters. The van der Waals surface area contributed by atoms with Crippen LogP contribution in [0.5, 0.6) is 0 Å². The summed E-state index contributed by atoms with van der Waals surface area (Å²) < 4.78 is 5.30. The first-order valence-electron chi connectivity index (χ1n) is 6.02. The van der Waals surface area contributed by atoms with Gasteiger partial charge in [-0.15, -0.1) is 0 Å². The molecule has 2 unspecified atom stereocenters. The van der Waals surface area contributed by atoms with Crippen LogP contribution in [0.15, 0.2) is 30.3 Å². The molecule has 2 heterocycles. The van der Waals surface area contributed by atoms with Crippen molar-refractivity contribution in [2.24, 2.45) is 5.92 Å². The van der Waals surface area contributed by atoms with Crippen molar-refractivity contribution < 1.29 is 9.53 Å². The highest BCUT2D eigenvalue weighted by Crippen LogP contribution is 2.28. The van der Waals surface area contributed by atoms with E-state index in [2.05, 4.69) is 5.32 Å². The standard InChI is InChI=1S/C13H16N2O2/c16-13(15-8-11-6-14-7-12(11)15)17-9-10-4-2-1-3-5-10/h1-5,11-12,14H,6-9H2. The summed E-state index contributed by atoms with van der Waals surface area (Å²) in [4.78, 5) is 13.6. The van der Waals surface area contributed by atoms with E-state index in [-0.39, 0.29) is 6.09 Å².